The average Bonchev–Trinajstić information content (AvgIpc) is 3.27. The molecule has 1 saturated heterocycles. The number of rotatable bonds is 4. The summed E-state index contributed by atoms with van der Waals surface area (Å²) in [6, 6.07) is 13.8. The number of methoxy groups -OCH3 is 1. The molecule has 2 aromatic carbocycles. The van der Waals surface area contributed by atoms with Crippen LogP contribution >= 0.6 is 0 Å². The van der Waals surface area contributed by atoms with Crippen LogP contribution in [0, 0.1) is 5.92 Å². The molecule has 0 unspecified atom stereocenters. The van der Waals surface area contributed by atoms with Gasteiger partial charge in [0.25, 0.3) is 0 Å². The van der Waals surface area contributed by atoms with Gasteiger partial charge in [0.15, 0.2) is 5.78 Å². The molecule has 29 heavy (non-hydrogen) atoms. The number of aromatic amines is 1. The zero-order chi connectivity index (χ0) is 19.8. The summed E-state index contributed by atoms with van der Waals surface area (Å²) in [6.45, 7) is 1.58. The van der Waals surface area contributed by atoms with E-state index < -0.39 is 0 Å². The summed E-state index contributed by atoms with van der Waals surface area (Å²) in [6.07, 6.45) is 5.32. The van der Waals surface area contributed by atoms with Crippen LogP contribution in [0.2, 0.25) is 0 Å². The van der Waals surface area contributed by atoms with Crippen LogP contribution in [0.3, 0.4) is 0 Å². The van der Waals surface area contributed by atoms with E-state index in [1.165, 1.54) is 0 Å². The Morgan fingerprint density at radius 2 is 2.00 bits per heavy atom. The van der Waals surface area contributed by atoms with Crippen molar-refractivity contribution in [2.24, 2.45) is 5.92 Å². The molecule has 6 nitrogen and oxygen atoms in total. The Labute approximate surface area is 168 Å². The van der Waals surface area contributed by atoms with Crippen molar-refractivity contribution in [1.82, 2.24) is 15.0 Å². The fraction of sp³-hybridized carbons (Fsp3) is 0.261. The summed E-state index contributed by atoms with van der Waals surface area (Å²) < 4.78 is 5.29. The van der Waals surface area contributed by atoms with Crippen molar-refractivity contribution in [2.75, 3.05) is 25.1 Å². The van der Waals surface area contributed by atoms with E-state index in [1.807, 2.05) is 48.7 Å². The van der Waals surface area contributed by atoms with Gasteiger partial charge in [-0.3, -0.25) is 4.79 Å². The zero-order valence-corrected chi connectivity index (χ0v) is 16.3. The van der Waals surface area contributed by atoms with Crippen molar-refractivity contribution >= 4 is 33.4 Å². The lowest BCUT2D eigenvalue weighted by Gasteiger charge is -2.33. The third kappa shape index (κ3) is 3.20. The number of benzene rings is 2. The van der Waals surface area contributed by atoms with E-state index in [0.717, 1.165) is 58.3 Å². The van der Waals surface area contributed by atoms with Gasteiger partial charge < -0.3 is 14.6 Å². The molecule has 1 atom stereocenters. The lowest BCUT2D eigenvalue weighted by molar-refractivity contribution is 0.0907. The first-order valence-corrected chi connectivity index (χ1v) is 9.88. The molecule has 0 bridgehead atoms. The third-order valence-electron chi connectivity index (χ3n) is 5.76. The number of hydrogen-bond acceptors (Lipinski definition) is 5. The molecule has 0 amide bonds. The monoisotopic (exact) mass is 386 g/mol. The highest BCUT2D eigenvalue weighted by atomic mass is 16.5. The number of ether oxygens (including phenoxy) is 1. The molecule has 1 aliphatic heterocycles. The van der Waals surface area contributed by atoms with Crippen LogP contribution in [0.1, 0.15) is 23.2 Å². The molecular formula is C23H22N4O2. The second-order valence-electron chi connectivity index (χ2n) is 7.51. The maximum absolute atomic E-state index is 13.3. The number of aromatic nitrogens is 3. The number of anilines is 1. The number of nitrogens with zero attached hydrogens (tertiary/aromatic N) is 3. The second-order valence-corrected chi connectivity index (χ2v) is 7.51. The minimum Gasteiger partial charge on any atom is -0.497 e. The molecule has 4 aromatic rings. The number of carbonyl (C=O) groups excluding carboxylic acids is 1. The van der Waals surface area contributed by atoms with Gasteiger partial charge >= 0.3 is 0 Å². The fourth-order valence-corrected chi connectivity index (χ4v) is 4.23. The number of fused-ring (bicyclic) bond motifs is 2. The van der Waals surface area contributed by atoms with Gasteiger partial charge in [0, 0.05) is 30.8 Å². The van der Waals surface area contributed by atoms with Crippen LogP contribution < -0.4 is 9.64 Å². The van der Waals surface area contributed by atoms with Crippen molar-refractivity contribution < 1.29 is 9.53 Å². The number of hydrogen-bond donors (Lipinski definition) is 1. The molecule has 3 heterocycles. The van der Waals surface area contributed by atoms with E-state index in [2.05, 4.69) is 19.9 Å². The summed E-state index contributed by atoms with van der Waals surface area (Å²) in [7, 11) is 1.66. The molecule has 5 rings (SSSR count). The highest BCUT2D eigenvalue weighted by Gasteiger charge is 2.28. The maximum Gasteiger partial charge on any atom is 0.167 e. The van der Waals surface area contributed by atoms with E-state index in [0.29, 0.717) is 6.54 Å². The number of ketones is 1. The summed E-state index contributed by atoms with van der Waals surface area (Å²) in [5.41, 5.74) is 1.59. The Balaban J connectivity index is 1.41. The van der Waals surface area contributed by atoms with Gasteiger partial charge in [-0.25, -0.2) is 9.97 Å². The fourth-order valence-electron chi connectivity index (χ4n) is 4.23. The maximum atomic E-state index is 13.3. The number of nitrogens with one attached hydrogen (secondary N) is 1. The Hall–Kier alpha value is -3.41. The van der Waals surface area contributed by atoms with E-state index in [4.69, 9.17) is 4.74 Å². The van der Waals surface area contributed by atoms with Gasteiger partial charge in [-0.2, -0.15) is 0 Å². The largest absolute Gasteiger partial charge is 0.497 e. The number of H-pyrrole nitrogens is 1. The van der Waals surface area contributed by atoms with Gasteiger partial charge in [-0.1, -0.05) is 18.2 Å². The van der Waals surface area contributed by atoms with Crippen molar-refractivity contribution in [1.29, 1.82) is 0 Å². The Kier molecular flexibility index (Phi) is 4.39. The van der Waals surface area contributed by atoms with E-state index in [1.54, 1.807) is 13.4 Å². The molecule has 0 spiro atoms. The Morgan fingerprint density at radius 1 is 1.14 bits per heavy atom. The quantitative estimate of drug-likeness (QED) is 0.532. The lowest BCUT2D eigenvalue weighted by atomic mass is 9.89. The van der Waals surface area contributed by atoms with Crippen LogP contribution in [-0.2, 0) is 0 Å². The first-order valence-electron chi connectivity index (χ1n) is 9.88. The zero-order valence-electron chi connectivity index (χ0n) is 16.3. The van der Waals surface area contributed by atoms with Crippen molar-refractivity contribution in [3.8, 4) is 5.75 Å². The van der Waals surface area contributed by atoms with Crippen molar-refractivity contribution in [3.05, 3.63) is 60.6 Å². The first-order chi connectivity index (χ1) is 14.2. The molecule has 0 saturated carbocycles. The van der Waals surface area contributed by atoms with Gasteiger partial charge in [-0.05, 0) is 47.9 Å². The highest BCUT2D eigenvalue weighted by molar-refractivity contribution is 6.02. The Bertz CT molecular complexity index is 1200. The average molecular weight is 386 g/mol. The molecule has 6 heteroatoms. The second kappa shape index (κ2) is 7.20. The number of piperidine rings is 1. The molecule has 1 fully saturated rings. The van der Waals surface area contributed by atoms with Crippen LogP contribution in [0.5, 0.6) is 5.75 Å². The van der Waals surface area contributed by atoms with E-state index in [9.17, 15) is 4.79 Å². The molecule has 146 valence electrons. The summed E-state index contributed by atoms with van der Waals surface area (Å²) in [5, 5.41) is 3.12. The highest BCUT2D eigenvalue weighted by Crippen LogP contribution is 2.29. The minimum atomic E-state index is -0.0385. The third-order valence-corrected chi connectivity index (χ3v) is 5.76. The molecule has 0 aliphatic carbocycles. The van der Waals surface area contributed by atoms with Gasteiger partial charge in [-0.15, -0.1) is 0 Å². The molecule has 2 aromatic heterocycles. The molecule has 1 N–H and O–H groups in total. The van der Waals surface area contributed by atoms with Crippen molar-refractivity contribution in [2.45, 2.75) is 12.8 Å². The van der Waals surface area contributed by atoms with Crippen LogP contribution in [0.25, 0.3) is 21.8 Å². The van der Waals surface area contributed by atoms with Crippen LogP contribution in [-0.4, -0.2) is 40.9 Å². The van der Waals surface area contributed by atoms with Gasteiger partial charge in [0.1, 0.15) is 23.5 Å². The normalized spacial score (nSPS) is 17.0. The topological polar surface area (TPSA) is 71.1 Å². The number of Topliss-reactive ketones (excluding diaryl/α,β-unsaturated/α-hetero) is 1. The van der Waals surface area contributed by atoms with E-state index >= 15 is 0 Å². The van der Waals surface area contributed by atoms with Crippen LogP contribution in [0.4, 0.5) is 5.82 Å². The number of carbonyl (C=O) groups is 1. The standard InChI is InChI=1S/C23H22N4O2/c1-29-19-7-6-15-11-17(5-4-16(15)12-19)21(28)18-3-2-10-27(13-18)23-20-8-9-24-22(20)25-14-26-23/h4-9,11-12,14,18H,2-3,10,13H2,1H3,(H,24,25,26)/t18-/m1/s1. The molecule has 0 radical (unpaired) electrons. The summed E-state index contributed by atoms with van der Waals surface area (Å²) >= 11 is 0. The van der Waals surface area contributed by atoms with Crippen molar-refractivity contribution in [3.63, 3.8) is 0 Å². The first kappa shape index (κ1) is 17.7. The predicted molar refractivity (Wildman–Crippen MR) is 114 cm³/mol. The molecule has 1 aliphatic rings. The van der Waals surface area contributed by atoms with E-state index in [-0.39, 0.29) is 11.7 Å². The SMILES string of the molecule is COc1ccc2cc(C(=O)[C@@H]3CCCN(c4ncnc5[nH]ccc45)C3)ccc2c1. The Morgan fingerprint density at radius 3 is 2.90 bits per heavy atom. The smallest absolute Gasteiger partial charge is 0.167 e. The van der Waals surface area contributed by atoms with Crippen LogP contribution in [0.15, 0.2) is 55.0 Å². The summed E-state index contributed by atoms with van der Waals surface area (Å²) in [5.74, 6) is 1.88. The van der Waals surface area contributed by atoms with Gasteiger partial charge in [0.05, 0.1) is 12.5 Å². The lowest BCUT2D eigenvalue weighted by Crippen LogP contribution is -2.39. The summed E-state index contributed by atoms with van der Waals surface area (Å²) in [4.78, 5) is 27.4. The minimum absolute atomic E-state index is 0.0385. The molecular weight excluding hydrogens is 364 g/mol. The predicted octanol–water partition coefficient (Wildman–Crippen LogP) is 4.22. The van der Waals surface area contributed by atoms with Gasteiger partial charge in [0.2, 0.25) is 0 Å².